The average Bonchev–Trinajstić information content (AvgIpc) is 2.34. The largest absolute Gasteiger partial charge is 0.507 e. The number of allylic oxidation sites excluding steroid dienone is 2. The molecule has 0 fully saturated rings. The first-order valence-corrected chi connectivity index (χ1v) is 7.42. The molecule has 20 heavy (non-hydrogen) atoms. The highest BCUT2D eigenvalue weighted by molar-refractivity contribution is 5.42. The van der Waals surface area contributed by atoms with E-state index in [0.717, 1.165) is 36.0 Å². The summed E-state index contributed by atoms with van der Waals surface area (Å²) in [4.78, 5) is 0. The first-order valence-electron chi connectivity index (χ1n) is 7.42. The van der Waals surface area contributed by atoms with Crippen LogP contribution in [0.5, 0.6) is 5.75 Å². The first kappa shape index (κ1) is 16.8. The van der Waals surface area contributed by atoms with E-state index in [1.54, 1.807) is 0 Å². The summed E-state index contributed by atoms with van der Waals surface area (Å²) in [5.74, 6) is 0.813. The molecule has 2 heteroatoms. The molecule has 2 unspecified atom stereocenters. The van der Waals surface area contributed by atoms with Crippen LogP contribution in [-0.2, 0) is 0 Å². The molecule has 112 valence electrons. The predicted molar refractivity (Wildman–Crippen MR) is 85.0 cm³/mol. The number of aryl methyl sites for hydroxylation is 2. The van der Waals surface area contributed by atoms with Gasteiger partial charge in [-0.05, 0) is 81.7 Å². The summed E-state index contributed by atoms with van der Waals surface area (Å²) in [7, 11) is 0. The van der Waals surface area contributed by atoms with E-state index in [1.165, 1.54) is 5.57 Å². The first-order chi connectivity index (χ1) is 9.31. The summed E-state index contributed by atoms with van der Waals surface area (Å²) in [6.45, 7) is 10.2. The number of aliphatic hydroxyl groups is 1. The third-order valence-electron chi connectivity index (χ3n) is 3.74. The monoisotopic (exact) mass is 276 g/mol. The number of hydrogen-bond acceptors (Lipinski definition) is 2. The molecule has 0 radical (unpaired) electrons. The number of hydrogen-bond donors (Lipinski definition) is 2. The number of phenolic OH excluding ortho intramolecular Hbond substituents is 1. The highest BCUT2D eigenvalue weighted by Gasteiger charge is 2.14. The summed E-state index contributed by atoms with van der Waals surface area (Å²) >= 11 is 0. The molecule has 0 aliphatic heterocycles. The lowest BCUT2D eigenvalue weighted by molar-refractivity contribution is 0.145. The minimum absolute atomic E-state index is 0.331. The molecule has 0 aliphatic rings. The Bertz CT molecular complexity index is 447. The Kier molecular flexibility index (Phi) is 6.28. The third-order valence-corrected chi connectivity index (χ3v) is 3.74. The average molecular weight is 276 g/mol. The number of aromatic hydroxyl groups is 1. The maximum atomic E-state index is 10.3. The number of benzene rings is 1. The summed E-state index contributed by atoms with van der Waals surface area (Å²) < 4.78 is 0. The minimum atomic E-state index is -0.449. The Morgan fingerprint density at radius 3 is 2.25 bits per heavy atom. The van der Waals surface area contributed by atoms with Crippen LogP contribution in [0.3, 0.4) is 0 Å². The van der Waals surface area contributed by atoms with Gasteiger partial charge in [0, 0.05) is 0 Å². The molecule has 0 aromatic heterocycles. The van der Waals surface area contributed by atoms with Crippen LogP contribution in [0.15, 0.2) is 23.8 Å². The Hall–Kier alpha value is -1.28. The van der Waals surface area contributed by atoms with Crippen LogP contribution in [0, 0.1) is 19.8 Å². The van der Waals surface area contributed by atoms with Crippen molar-refractivity contribution < 1.29 is 10.2 Å². The van der Waals surface area contributed by atoms with Gasteiger partial charge in [-0.1, -0.05) is 18.6 Å². The van der Waals surface area contributed by atoms with Crippen LogP contribution in [0.2, 0.25) is 0 Å². The van der Waals surface area contributed by atoms with Crippen molar-refractivity contribution in [3.8, 4) is 5.75 Å². The van der Waals surface area contributed by atoms with E-state index in [1.807, 2.05) is 26.0 Å². The fourth-order valence-electron chi connectivity index (χ4n) is 2.47. The molecule has 1 aromatic carbocycles. The minimum Gasteiger partial charge on any atom is -0.507 e. The second kappa shape index (κ2) is 7.49. The van der Waals surface area contributed by atoms with Gasteiger partial charge < -0.3 is 10.2 Å². The van der Waals surface area contributed by atoms with Crippen molar-refractivity contribution in [1.82, 2.24) is 0 Å². The maximum Gasteiger partial charge on any atom is 0.121 e. The molecular formula is C18H28O2. The summed E-state index contributed by atoms with van der Waals surface area (Å²) in [6, 6.07) is 3.77. The zero-order chi connectivity index (χ0) is 15.3. The van der Waals surface area contributed by atoms with Crippen molar-refractivity contribution in [1.29, 1.82) is 0 Å². The van der Waals surface area contributed by atoms with Crippen molar-refractivity contribution in [3.63, 3.8) is 0 Å². The van der Waals surface area contributed by atoms with Crippen LogP contribution in [0.25, 0.3) is 0 Å². The maximum absolute atomic E-state index is 10.3. The molecule has 1 rings (SSSR count). The zero-order valence-electron chi connectivity index (χ0n) is 13.4. The van der Waals surface area contributed by atoms with Crippen LogP contribution in [0.4, 0.5) is 0 Å². The van der Waals surface area contributed by atoms with Crippen LogP contribution >= 0.6 is 0 Å². The molecular weight excluding hydrogens is 248 g/mol. The van der Waals surface area contributed by atoms with Gasteiger partial charge in [0.15, 0.2) is 0 Å². The smallest absolute Gasteiger partial charge is 0.121 e. The van der Waals surface area contributed by atoms with Crippen molar-refractivity contribution in [2.75, 3.05) is 0 Å². The quantitative estimate of drug-likeness (QED) is 0.732. The molecule has 0 amide bonds. The molecule has 0 bridgehead atoms. The SMILES string of the molecule is CC(C)=CCCC(C)CC(O)c1cc(C)c(O)c(C)c1. The second-order valence-corrected chi connectivity index (χ2v) is 6.22. The molecule has 0 saturated heterocycles. The van der Waals surface area contributed by atoms with E-state index in [9.17, 15) is 10.2 Å². The van der Waals surface area contributed by atoms with Gasteiger partial charge in [-0.25, -0.2) is 0 Å². The van der Waals surface area contributed by atoms with E-state index < -0.39 is 6.10 Å². The highest BCUT2D eigenvalue weighted by atomic mass is 16.3. The van der Waals surface area contributed by atoms with Crippen molar-refractivity contribution in [3.05, 3.63) is 40.5 Å². The Labute approximate surface area is 123 Å². The lowest BCUT2D eigenvalue weighted by atomic mass is 9.92. The molecule has 2 atom stereocenters. The molecule has 0 saturated carbocycles. The fraction of sp³-hybridized carbons (Fsp3) is 0.556. The standard InChI is InChI=1S/C18H28O2/c1-12(2)7-6-8-13(3)9-17(19)16-10-14(4)18(20)15(5)11-16/h7,10-11,13,17,19-20H,6,8-9H2,1-5H3. The fourth-order valence-corrected chi connectivity index (χ4v) is 2.47. The van der Waals surface area contributed by atoms with Crippen LogP contribution in [-0.4, -0.2) is 10.2 Å². The predicted octanol–water partition coefficient (Wildman–Crippen LogP) is 4.82. The highest BCUT2D eigenvalue weighted by Crippen LogP contribution is 2.29. The topological polar surface area (TPSA) is 40.5 Å². The van der Waals surface area contributed by atoms with Crippen LogP contribution < -0.4 is 0 Å². The van der Waals surface area contributed by atoms with Gasteiger partial charge in [-0.15, -0.1) is 0 Å². The third kappa shape index (κ3) is 5.01. The molecule has 2 nitrogen and oxygen atoms in total. The lowest BCUT2D eigenvalue weighted by Gasteiger charge is -2.18. The van der Waals surface area contributed by atoms with Gasteiger partial charge >= 0.3 is 0 Å². The van der Waals surface area contributed by atoms with E-state index in [2.05, 4.69) is 26.8 Å². The summed E-state index contributed by atoms with van der Waals surface area (Å²) in [6.07, 6.45) is 4.73. The normalized spacial score (nSPS) is 13.9. The molecule has 0 heterocycles. The van der Waals surface area contributed by atoms with Crippen LogP contribution in [0.1, 0.15) is 62.8 Å². The van der Waals surface area contributed by atoms with E-state index in [0.29, 0.717) is 11.7 Å². The van der Waals surface area contributed by atoms with E-state index >= 15 is 0 Å². The van der Waals surface area contributed by atoms with Crippen molar-refractivity contribution in [2.45, 2.75) is 60.0 Å². The van der Waals surface area contributed by atoms with Crippen molar-refractivity contribution in [2.24, 2.45) is 5.92 Å². The Morgan fingerprint density at radius 1 is 1.20 bits per heavy atom. The van der Waals surface area contributed by atoms with Gasteiger partial charge in [0.25, 0.3) is 0 Å². The van der Waals surface area contributed by atoms with E-state index in [4.69, 9.17) is 0 Å². The molecule has 0 aliphatic carbocycles. The molecule has 2 N–H and O–H groups in total. The lowest BCUT2D eigenvalue weighted by Crippen LogP contribution is -2.05. The van der Waals surface area contributed by atoms with Gasteiger partial charge in [0.2, 0.25) is 0 Å². The summed E-state index contributed by atoms with van der Waals surface area (Å²) in [5, 5.41) is 20.1. The van der Waals surface area contributed by atoms with Crippen molar-refractivity contribution >= 4 is 0 Å². The number of phenols is 1. The van der Waals surface area contributed by atoms with Gasteiger partial charge in [-0.3, -0.25) is 0 Å². The molecule has 1 aromatic rings. The molecule has 0 spiro atoms. The van der Waals surface area contributed by atoms with Gasteiger partial charge in [-0.2, -0.15) is 0 Å². The zero-order valence-corrected chi connectivity index (χ0v) is 13.4. The Morgan fingerprint density at radius 2 is 1.75 bits per heavy atom. The number of rotatable bonds is 6. The second-order valence-electron chi connectivity index (χ2n) is 6.22. The van der Waals surface area contributed by atoms with Gasteiger partial charge in [0.1, 0.15) is 5.75 Å². The van der Waals surface area contributed by atoms with E-state index in [-0.39, 0.29) is 0 Å². The number of aliphatic hydroxyl groups excluding tert-OH is 1. The Balaban J connectivity index is 2.62. The van der Waals surface area contributed by atoms with Gasteiger partial charge in [0.05, 0.1) is 6.10 Å². The summed E-state index contributed by atoms with van der Waals surface area (Å²) in [5.41, 5.74) is 3.92.